The second kappa shape index (κ2) is 10.1. The fourth-order valence-corrected chi connectivity index (χ4v) is 4.47. The van der Waals surface area contributed by atoms with E-state index in [0.717, 1.165) is 0 Å². The monoisotopic (exact) mass is 536 g/mol. The number of fused-ring (bicyclic) bond motifs is 1. The summed E-state index contributed by atoms with van der Waals surface area (Å²) in [5.41, 5.74) is 2.99. The van der Waals surface area contributed by atoms with E-state index in [9.17, 15) is 4.79 Å². The zero-order valence-electron chi connectivity index (χ0n) is 20.1. The van der Waals surface area contributed by atoms with Crippen molar-refractivity contribution in [1.29, 1.82) is 0 Å². The zero-order valence-corrected chi connectivity index (χ0v) is 21.6. The Balaban J connectivity index is 1.65. The lowest BCUT2D eigenvalue weighted by molar-refractivity contribution is -0.113. The van der Waals surface area contributed by atoms with E-state index in [-0.39, 0.29) is 5.91 Å². The third kappa shape index (κ3) is 4.71. The summed E-state index contributed by atoms with van der Waals surface area (Å²) in [6, 6.07) is 13.4. The summed E-state index contributed by atoms with van der Waals surface area (Å²) in [4.78, 5) is 22.4. The molecular weight excluding hydrogens is 515 g/mol. The van der Waals surface area contributed by atoms with Gasteiger partial charge < -0.3 is 20.1 Å². The van der Waals surface area contributed by atoms with Crippen molar-refractivity contribution in [2.45, 2.75) is 13.0 Å². The number of nitrogens with one attached hydrogen (secondary N) is 2. The molecule has 0 saturated heterocycles. The van der Waals surface area contributed by atoms with E-state index in [1.807, 2.05) is 19.1 Å². The third-order valence-corrected chi connectivity index (χ3v) is 6.67. The Kier molecular flexibility index (Phi) is 6.73. The van der Waals surface area contributed by atoms with Gasteiger partial charge >= 0.3 is 0 Å². The summed E-state index contributed by atoms with van der Waals surface area (Å²) < 4.78 is 12.7. The first kappa shape index (κ1) is 24.6. The summed E-state index contributed by atoms with van der Waals surface area (Å²) in [6.45, 7) is 1.82. The van der Waals surface area contributed by atoms with Crippen molar-refractivity contribution in [3.63, 3.8) is 0 Å². The van der Waals surface area contributed by atoms with Crippen molar-refractivity contribution in [2.24, 2.45) is 0 Å². The number of carbonyl (C=O) groups is 1. The maximum absolute atomic E-state index is 13.7. The highest BCUT2D eigenvalue weighted by Gasteiger charge is 2.36. The molecule has 0 radical (unpaired) electrons. The first-order chi connectivity index (χ1) is 17.9. The molecule has 0 spiro atoms. The minimum Gasteiger partial charge on any atom is -0.497 e. The molecule has 2 aromatic heterocycles. The molecule has 11 heteroatoms. The van der Waals surface area contributed by atoms with E-state index < -0.39 is 6.04 Å². The van der Waals surface area contributed by atoms with Gasteiger partial charge in [0.2, 0.25) is 5.95 Å². The maximum Gasteiger partial charge on any atom is 0.255 e. The highest BCUT2D eigenvalue weighted by atomic mass is 35.5. The lowest BCUT2D eigenvalue weighted by Gasteiger charge is -2.29. The third-order valence-electron chi connectivity index (χ3n) is 5.93. The van der Waals surface area contributed by atoms with Gasteiger partial charge in [-0.15, -0.1) is 5.10 Å². The molecule has 4 aromatic rings. The summed E-state index contributed by atoms with van der Waals surface area (Å²) in [7, 11) is 3.14. The summed E-state index contributed by atoms with van der Waals surface area (Å²) >= 11 is 12.3. The van der Waals surface area contributed by atoms with Crippen molar-refractivity contribution in [1.82, 2.24) is 19.7 Å². The summed E-state index contributed by atoms with van der Waals surface area (Å²) in [6.07, 6.45) is 3.22. The van der Waals surface area contributed by atoms with Crippen LogP contribution in [0.1, 0.15) is 18.5 Å². The quantitative estimate of drug-likeness (QED) is 0.331. The molecule has 1 amide bonds. The fourth-order valence-electron chi connectivity index (χ4n) is 4.17. The molecule has 1 atom stereocenters. The molecule has 0 fully saturated rings. The van der Waals surface area contributed by atoms with Gasteiger partial charge in [-0.3, -0.25) is 9.78 Å². The number of pyridine rings is 1. The second-order valence-electron chi connectivity index (χ2n) is 8.20. The van der Waals surface area contributed by atoms with Crippen LogP contribution in [-0.2, 0) is 4.79 Å². The molecule has 1 aliphatic heterocycles. The van der Waals surface area contributed by atoms with E-state index in [2.05, 4.69) is 20.6 Å². The Morgan fingerprint density at radius 3 is 2.62 bits per heavy atom. The molecule has 1 aliphatic rings. The van der Waals surface area contributed by atoms with Gasteiger partial charge in [0.1, 0.15) is 17.5 Å². The summed E-state index contributed by atoms with van der Waals surface area (Å²) in [5, 5.41) is 11.7. The van der Waals surface area contributed by atoms with Gasteiger partial charge in [-0.1, -0.05) is 23.2 Å². The van der Waals surface area contributed by atoms with E-state index in [4.69, 9.17) is 37.8 Å². The molecule has 2 aromatic carbocycles. The topological polar surface area (TPSA) is 103 Å². The zero-order chi connectivity index (χ0) is 26.1. The minimum atomic E-state index is -0.669. The smallest absolute Gasteiger partial charge is 0.255 e. The molecule has 188 valence electrons. The van der Waals surface area contributed by atoms with Gasteiger partial charge in [0, 0.05) is 29.1 Å². The number of hydrogen-bond acceptors (Lipinski definition) is 7. The lowest BCUT2D eigenvalue weighted by atomic mass is 9.94. The Bertz CT molecular complexity index is 1520. The number of anilines is 2. The van der Waals surface area contributed by atoms with Gasteiger partial charge in [-0.25, -0.2) is 4.68 Å². The fraction of sp³-hybridized carbons (Fsp3) is 0.154. The number of halogens is 2. The van der Waals surface area contributed by atoms with Crippen molar-refractivity contribution in [3.05, 3.63) is 87.8 Å². The summed E-state index contributed by atoms with van der Waals surface area (Å²) in [5.74, 6) is 1.70. The Hall–Kier alpha value is -4.08. The average Bonchev–Trinajstić information content (AvgIpc) is 3.33. The van der Waals surface area contributed by atoms with Crippen LogP contribution in [-0.4, -0.2) is 39.9 Å². The molecule has 0 aliphatic carbocycles. The van der Waals surface area contributed by atoms with Crippen LogP contribution in [0.15, 0.2) is 72.2 Å². The van der Waals surface area contributed by atoms with Crippen LogP contribution in [0.4, 0.5) is 11.6 Å². The van der Waals surface area contributed by atoms with Crippen molar-refractivity contribution in [3.8, 4) is 22.9 Å². The average molecular weight is 537 g/mol. The standard InChI is InChI=1S/C26H22Cl2N6O3/c1-14-22(25(35)31-16-5-4-10-29-13-16)23(18-8-7-17(36-2)12-21(18)37-3)34-26(30-14)32-24(33-34)15-6-9-19(27)20(28)11-15/h4-13,23H,1-3H3,(H,31,35)(H,30,32,33). The van der Waals surface area contributed by atoms with Gasteiger partial charge in [-0.2, -0.15) is 4.98 Å². The largest absolute Gasteiger partial charge is 0.497 e. The number of allylic oxidation sites excluding steroid dienone is 1. The van der Waals surface area contributed by atoms with Crippen LogP contribution < -0.4 is 20.1 Å². The van der Waals surface area contributed by atoms with Crippen LogP contribution in [0.3, 0.4) is 0 Å². The number of methoxy groups -OCH3 is 2. The molecule has 3 heterocycles. The van der Waals surface area contributed by atoms with E-state index in [1.54, 1.807) is 67.7 Å². The molecule has 9 nitrogen and oxygen atoms in total. The number of rotatable bonds is 6. The molecular formula is C26H22Cl2N6O3. The first-order valence-electron chi connectivity index (χ1n) is 11.2. The molecule has 5 rings (SSSR count). The predicted molar refractivity (Wildman–Crippen MR) is 142 cm³/mol. The Labute approximate surface area is 223 Å². The molecule has 37 heavy (non-hydrogen) atoms. The minimum absolute atomic E-state index is 0.321. The second-order valence-corrected chi connectivity index (χ2v) is 9.02. The Morgan fingerprint density at radius 1 is 1.08 bits per heavy atom. The van der Waals surface area contributed by atoms with Crippen LogP contribution in [0.5, 0.6) is 11.5 Å². The highest BCUT2D eigenvalue weighted by molar-refractivity contribution is 6.42. The molecule has 0 saturated carbocycles. The number of hydrogen-bond donors (Lipinski definition) is 2. The van der Waals surface area contributed by atoms with Gasteiger partial charge in [-0.05, 0) is 49.4 Å². The lowest BCUT2D eigenvalue weighted by Crippen LogP contribution is -2.31. The number of carbonyl (C=O) groups excluding carboxylic acids is 1. The van der Waals surface area contributed by atoms with Crippen LogP contribution >= 0.6 is 23.2 Å². The number of amides is 1. The van der Waals surface area contributed by atoms with Crippen LogP contribution in [0, 0.1) is 0 Å². The maximum atomic E-state index is 13.7. The SMILES string of the molecule is COc1ccc(C2C(C(=O)Nc3cccnc3)=C(C)Nc3nc(-c4ccc(Cl)c(Cl)c4)nn32)c(OC)c1. The number of ether oxygens (including phenoxy) is 2. The molecule has 0 bridgehead atoms. The van der Waals surface area contributed by atoms with Crippen LogP contribution in [0.25, 0.3) is 11.4 Å². The van der Waals surface area contributed by atoms with Crippen molar-refractivity contribution >= 4 is 40.7 Å². The Morgan fingerprint density at radius 2 is 1.92 bits per heavy atom. The van der Waals surface area contributed by atoms with Gasteiger partial charge in [0.05, 0.1) is 41.7 Å². The molecule has 1 unspecified atom stereocenters. The van der Waals surface area contributed by atoms with E-state index in [0.29, 0.717) is 61.4 Å². The van der Waals surface area contributed by atoms with Gasteiger partial charge in [0.15, 0.2) is 5.82 Å². The van der Waals surface area contributed by atoms with E-state index in [1.165, 1.54) is 0 Å². The number of nitrogens with zero attached hydrogens (tertiary/aromatic N) is 4. The van der Waals surface area contributed by atoms with Crippen molar-refractivity contribution in [2.75, 3.05) is 24.9 Å². The molecule has 2 N–H and O–H groups in total. The number of benzene rings is 2. The number of aromatic nitrogens is 4. The van der Waals surface area contributed by atoms with E-state index >= 15 is 0 Å². The predicted octanol–water partition coefficient (Wildman–Crippen LogP) is 5.59. The van der Waals surface area contributed by atoms with Crippen LogP contribution in [0.2, 0.25) is 10.0 Å². The van der Waals surface area contributed by atoms with Gasteiger partial charge in [0.25, 0.3) is 5.91 Å². The first-order valence-corrected chi connectivity index (χ1v) is 12.0. The van der Waals surface area contributed by atoms with Crippen molar-refractivity contribution < 1.29 is 14.3 Å². The highest BCUT2D eigenvalue weighted by Crippen LogP contribution is 2.41. The normalized spacial score (nSPS) is 14.6.